The van der Waals surface area contributed by atoms with Crippen LogP contribution in [0.15, 0.2) is 41.4 Å². The molecule has 0 atom stereocenters. The average Bonchev–Trinajstić information content (AvgIpc) is 3.02. The van der Waals surface area contributed by atoms with Crippen LogP contribution in [0.1, 0.15) is 12.5 Å². The van der Waals surface area contributed by atoms with Crippen LogP contribution in [0.3, 0.4) is 0 Å². The molecule has 0 radical (unpaired) electrons. The van der Waals surface area contributed by atoms with E-state index >= 15 is 0 Å². The van der Waals surface area contributed by atoms with Crippen molar-refractivity contribution in [3.05, 3.63) is 47.2 Å². The van der Waals surface area contributed by atoms with Crippen molar-refractivity contribution in [2.75, 3.05) is 5.75 Å². The van der Waals surface area contributed by atoms with Crippen LogP contribution < -0.4 is 0 Å². The molecule has 0 aliphatic carbocycles. The summed E-state index contributed by atoms with van der Waals surface area (Å²) in [4.78, 5) is 7.99. The van der Waals surface area contributed by atoms with E-state index in [0.717, 1.165) is 18.3 Å². The highest BCUT2D eigenvalue weighted by molar-refractivity contribution is 7.91. The molecular formula is C17H14ClF3N4O2S. The second-order valence-electron chi connectivity index (χ2n) is 5.85. The van der Waals surface area contributed by atoms with Crippen LogP contribution >= 0.6 is 11.6 Å². The largest absolute Gasteiger partial charge is 0.416 e. The van der Waals surface area contributed by atoms with Crippen LogP contribution in [-0.4, -0.2) is 33.9 Å². The van der Waals surface area contributed by atoms with Crippen molar-refractivity contribution in [3.8, 4) is 22.8 Å². The molecule has 11 heteroatoms. The minimum absolute atomic E-state index is 0.0307. The van der Waals surface area contributed by atoms with Crippen molar-refractivity contribution < 1.29 is 21.6 Å². The summed E-state index contributed by atoms with van der Waals surface area (Å²) in [6, 6.07) is 5.88. The van der Waals surface area contributed by atoms with Crippen LogP contribution in [0.25, 0.3) is 22.8 Å². The number of pyridine rings is 2. The second kappa shape index (κ2) is 7.17. The van der Waals surface area contributed by atoms with Crippen molar-refractivity contribution in [1.29, 1.82) is 0 Å². The number of rotatable bonds is 4. The molecule has 0 saturated heterocycles. The number of aromatic nitrogens is 4. The normalized spacial score (nSPS) is 12.4. The fourth-order valence-corrected chi connectivity index (χ4v) is 3.76. The highest BCUT2D eigenvalue weighted by Gasteiger charge is 2.31. The maximum absolute atomic E-state index is 13.0. The van der Waals surface area contributed by atoms with Gasteiger partial charge in [-0.2, -0.15) is 18.3 Å². The van der Waals surface area contributed by atoms with Gasteiger partial charge in [-0.3, -0.25) is 9.67 Å². The van der Waals surface area contributed by atoms with Crippen molar-refractivity contribution in [2.24, 2.45) is 7.05 Å². The molecule has 0 aliphatic heterocycles. The van der Waals surface area contributed by atoms with Gasteiger partial charge in [0, 0.05) is 13.2 Å². The number of nitrogens with zero attached hydrogens (tertiary/aromatic N) is 4. The number of aryl methyl sites for hydroxylation is 1. The van der Waals surface area contributed by atoms with Crippen LogP contribution in [-0.2, 0) is 23.1 Å². The Labute approximate surface area is 163 Å². The molecule has 0 aliphatic rings. The van der Waals surface area contributed by atoms with Gasteiger partial charge in [0.05, 0.1) is 27.6 Å². The van der Waals surface area contributed by atoms with Crippen molar-refractivity contribution in [2.45, 2.75) is 18.0 Å². The Bertz CT molecular complexity index is 1140. The Morgan fingerprint density at radius 2 is 1.86 bits per heavy atom. The number of halogens is 4. The van der Waals surface area contributed by atoms with Gasteiger partial charge in [0.2, 0.25) is 0 Å². The lowest BCUT2D eigenvalue weighted by Gasteiger charge is -2.07. The lowest BCUT2D eigenvalue weighted by Crippen LogP contribution is -2.07. The fourth-order valence-electron chi connectivity index (χ4n) is 2.58. The highest BCUT2D eigenvalue weighted by atomic mass is 35.5. The molecule has 28 heavy (non-hydrogen) atoms. The topological polar surface area (TPSA) is 77.7 Å². The minimum atomic E-state index is -4.52. The van der Waals surface area contributed by atoms with E-state index < -0.39 is 21.6 Å². The van der Waals surface area contributed by atoms with E-state index in [1.54, 1.807) is 0 Å². The zero-order valence-electron chi connectivity index (χ0n) is 14.7. The summed E-state index contributed by atoms with van der Waals surface area (Å²) in [5.41, 5.74) is -0.356. The first-order chi connectivity index (χ1) is 13.0. The number of alkyl halides is 3. The molecule has 0 spiro atoms. The predicted molar refractivity (Wildman–Crippen MR) is 97.4 cm³/mol. The predicted octanol–water partition coefficient (Wildman–Crippen LogP) is 4.01. The first-order valence-electron chi connectivity index (χ1n) is 8.00. The molecule has 3 aromatic heterocycles. The first kappa shape index (κ1) is 20.3. The van der Waals surface area contributed by atoms with Crippen molar-refractivity contribution >= 4 is 21.4 Å². The summed E-state index contributed by atoms with van der Waals surface area (Å²) in [6.07, 6.45) is -3.47. The van der Waals surface area contributed by atoms with Crippen molar-refractivity contribution in [3.63, 3.8) is 0 Å². The van der Waals surface area contributed by atoms with Gasteiger partial charge in [0.15, 0.2) is 9.84 Å². The maximum atomic E-state index is 13.0. The van der Waals surface area contributed by atoms with E-state index in [4.69, 9.17) is 11.6 Å². The standard InChI is InChI=1S/C17H14ClF3N4O2S/c1-3-28(26,27)14-4-5-15(18)23-16(14)12-9-13(25(2)24-12)11-8-10(6-7-22-11)17(19,20)21/h4-9H,3H2,1-2H3. The molecule has 3 heterocycles. The SMILES string of the molecule is CCS(=O)(=O)c1ccc(Cl)nc1-c1cc(-c2cc(C(F)(F)F)ccn2)n(C)n1. The highest BCUT2D eigenvalue weighted by Crippen LogP contribution is 2.33. The van der Waals surface area contributed by atoms with Crippen LogP contribution in [0.4, 0.5) is 13.2 Å². The summed E-state index contributed by atoms with van der Waals surface area (Å²) < 4.78 is 65.0. The Morgan fingerprint density at radius 1 is 1.14 bits per heavy atom. The molecule has 0 amide bonds. The van der Waals surface area contributed by atoms with Gasteiger partial charge in [-0.1, -0.05) is 18.5 Å². The van der Waals surface area contributed by atoms with Gasteiger partial charge in [-0.05, 0) is 30.3 Å². The Morgan fingerprint density at radius 3 is 2.50 bits per heavy atom. The molecule has 0 fully saturated rings. The Kier molecular flexibility index (Phi) is 5.20. The quantitative estimate of drug-likeness (QED) is 0.584. The van der Waals surface area contributed by atoms with Crippen LogP contribution in [0.5, 0.6) is 0 Å². The third-order valence-electron chi connectivity index (χ3n) is 4.01. The summed E-state index contributed by atoms with van der Waals surface area (Å²) in [5.74, 6) is -0.155. The number of sulfone groups is 1. The van der Waals surface area contributed by atoms with E-state index in [-0.39, 0.29) is 38.6 Å². The first-order valence-corrected chi connectivity index (χ1v) is 10.0. The van der Waals surface area contributed by atoms with Gasteiger partial charge in [-0.15, -0.1) is 0 Å². The van der Waals surface area contributed by atoms with Gasteiger partial charge in [-0.25, -0.2) is 13.4 Å². The molecule has 0 unspecified atom stereocenters. The molecule has 148 valence electrons. The van der Waals surface area contributed by atoms with Gasteiger partial charge < -0.3 is 0 Å². The summed E-state index contributed by atoms with van der Waals surface area (Å²) in [7, 11) is -2.11. The Balaban J connectivity index is 2.16. The average molecular weight is 431 g/mol. The molecule has 0 saturated carbocycles. The Hall–Kier alpha value is -2.46. The summed E-state index contributed by atoms with van der Waals surface area (Å²) >= 11 is 5.92. The third kappa shape index (κ3) is 3.88. The lowest BCUT2D eigenvalue weighted by atomic mass is 10.1. The van der Waals surface area contributed by atoms with Crippen molar-refractivity contribution in [1.82, 2.24) is 19.7 Å². The number of hydrogen-bond donors (Lipinski definition) is 0. The smallest absolute Gasteiger partial charge is 0.266 e. The van der Waals surface area contributed by atoms with E-state index in [1.165, 1.54) is 36.9 Å². The van der Waals surface area contributed by atoms with E-state index in [1.807, 2.05) is 0 Å². The molecule has 6 nitrogen and oxygen atoms in total. The van der Waals surface area contributed by atoms with Crippen LogP contribution in [0.2, 0.25) is 5.15 Å². The van der Waals surface area contributed by atoms with E-state index in [9.17, 15) is 21.6 Å². The van der Waals surface area contributed by atoms with Gasteiger partial charge >= 0.3 is 6.18 Å². The molecule has 3 aromatic rings. The summed E-state index contributed by atoms with van der Waals surface area (Å²) in [6.45, 7) is 1.49. The zero-order chi connectivity index (χ0) is 20.7. The fraction of sp³-hybridized carbons (Fsp3) is 0.235. The van der Waals surface area contributed by atoms with Gasteiger partial charge in [0.25, 0.3) is 0 Å². The van der Waals surface area contributed by atoms with E-state index in [2.05, 4.69) is 15.1 Å². The third-order valence-corrected chi connectivity index (χ3v) is 5.98. The molecule has 3 rings (SSSR count). The van der Waals surface area contributed by atoms with E-state index in [0.29, 0.717) is 0 Å². The number of hydrogen-bond acceptors (Lipinski definition) is 5. The monoisotopic (exact) mass is 430 g/mol. The zero-order valence-corrected chi connectivity index (χ0v) is 16.3. The van der Waals surface area contributed by atoms with Crippen LogP contribution in [0, 0.1) is 0 Å². The minimum Gasteiger partial charge on any atom is -0.266 e. The van der Waals surface area contributed by atoms with Gasteiger partial charge in [0.1, 0.15) is 16.5 Å². The molecule has 0 aromatic carbocycles. The summed E-state index contributed by atoms with van der Waals surface area (Å²) in [5, 5.41) is 4.27. The molecule has 0 N–H and O–H groups in total. The second-order valence-corrected chi connectivity index (χ2v) is 8.48. The molecular weight excluding hydrogens is 417 g/mol. The maximum Gasteiger partial charge on any atom is 0.416 e. The lowest BCUT2D eigenvalue weighted by molar-refractivity contribution is -0.137. The molecule has 0 bridgehead atoms.